The minimum atomic E-state index is -5.19. The van der Waals surface area contributed by atoms with E-state index >= 15 is 0 Å². The Morgan fingerprint density at radius 3 is 2.05 bits per heavy atom. The number of allylic oxidation sites excluding steroid dienone is 2. The number of hydrogen-bond acceptors (Lipinski definition) is 3. The van der Waals surface area contributed by atoms with Gasteiger partial charge < -0.3 is 5.32 Å². The van der Waals surface area contributed by atoms with E-state index < -0.39 is 34.4 Å². The molecule has 2 rings (SSSR count). The normalized spacial score (nSPS) is 15.2. The number of nitrogens with one attached hydrogen (secondary N) is 1. The van der Waals surface area contributed by atoms with E-state index in [0.29, 0.717) is 0 Å². The first-order valence-electron chi connectivity index (χ1n) is 5.20. The van der Waals surface area contributed by atoms with E-state index in [0.717, 1.165) is 0 Å². The molecule has 0 saturated carbocycles. The molecule has 104 valence electrons. The molecule has 0 spiro atoms. The third-order valence-corrected chi connectivity index (χ3v) is 2.92. The molecule has 8 heteroatoms. The molecule has 0 unspecified atom stereocenters. The van der Waals surface area contributed by atoms with E-state index in [4.69, 9.17) is 11.6 Å². The van der Waals surface area contributed by atoms with Crippen molar-refractivity contribution in [3.8, 4) is 0 Å². The number of carbonyl (C=O) groups excluding carboxylic acids is 3. The zero-order valence-corrected chi connectivity index (χ0v) is 10.3. The number of amides is 1. The van der Waals surface area contributed by atoms with Crippen molar-refractivity contribution < 1.29 is 27.6 Å². The van der Waals surface area contributed by atoms with Crippen LogP contribution in [0.25, 0.3) is 0 Å². The van der Waals surface area contributed by atoms with Crippen LogP contribution >= 0.6 is 11.6 Å². The molecule has 0 fully saturated rings. The minimum Gasteiger partial charge on any atom is -0.314 e. The molecule has 0 atom stereocenters. The average Bonchev–Trinajstić information content (AvgIpc) is 2.39. The second-order valence-corrected chi connectivity index (χ2v) is 4.22. The van der Waals surface area contributed by atoms with Crippen molar-refractivity contribution in [2.24, 2.45) is 0 Å². The van der Waals surface area contributed by atoms with Crippen LogP contribution < -0.4 is 5.32 Å². The van der Waals surface area contributed by atoms with Crippen molar-refractivity contribution in [2.75, 3.05) is 0 Å². The van der Waals surface area contributed by atoms with Crippen molar-refractivity contribution >= 4 is 29.1 Å². The van der Waals surface area contributed by atoms with Gasteiger partial charge in [0.15, 0.2) is 0 Å². The molecule has 1 aromatic carbocycles. The first-order valence-corrected chi connectivity index (χ1v) is 5.57. The lowest BCUT2D eigenvalue weighted by atomic mass is 9.92. The molecule has 1 aromatic rings. The number of benzene rings is 1. The molecule has 0 saturated heterocycles. The minimum absolute atomic E-state index is 0.0208. The summed E-state index contributed by atoms with van der Waals surface area (Å²) in [5.41, 5.74) is -0.996. The predicted octanol–water partition coefficient (Wildman–Crippen LogP) is 2.19. The highest BCUT2D eigenvalue weighted by Crippen LogP contribution is 2.28. The third kappa shape index (κ3) is 2.32. The molecule has 0 bridgehead atoms. The van der Waals surface area contributed by atoms with Crippen molar-refractivity contribution in [3.63, 3.8) is 0 Å². The summed E-state index contributed by atoms with van der Waals surface area (Å²) in [6, 6.07) is 5.50. The van der Waals surface area contributed by atoms with Gasteiger partial charge in [0.25, 0.3) is 0 Å². The highest BCUT2D eigenvalue weighted by Gasteiger charge is 2.42. The van der Waals surface area contributed by atoms with Crippen molar-refractivity contribution in [2.45, 2.75) is 6.18 Å². The molecule has 0 heterocycles. The molecule has 1 aliphatic carbocycles. The Morgan fingerprint density at radius 1 is 1.05 bits per heavy atom. The lowest BCUT2D eigenvalue weighted by Crippen LogP contribution is -2.40. The maximum Gasteiger partial charge on any atom is 0.471 e. The van der Waals surface area contributed by atoms with E-state index in [1.165, 1.54) is 29.6 Å². The van der Waals surface area contributed by atoms with Crippen LogP contribution in [0.2, 0.25) is 0 Å². The third-order valence-electron chi connectivity index (χ3n) is 2.56. The first-order chi connectivity index (χ1) is 9.23. The van der Waals surface area contributed by atoms with Crippen LogP contribution in [-0.2, 0) is 4.79 Å². The Morgan fingerprint density at radius 2 is 1.55 bits per heavy atom. The van der Waals surface area contributed by atoms with Gasteiger partial charge in [0.2, 0.25) is 11.6 Å². The van der Waals surface area contributed by atoms with E-state index in [9.17, 15) is 27.6 Å². The van der Waals surface area contributed by atoms with Crippen LogP contribution in [0.4, 0.5) is 13.2 Å². The van der Waals surface area contributed by atoms with Crippen molar-refractivity contribution in [1.82, 2.24) is 5.32 Å². The molecule has 1 N–H and O–H groups in total. The van der Waals surface area contributed by atoms with Gasteiger partial charge in [0.05, 0.1) is 0 Å². The van der Waals surface area contributed by atoms with E-state index in [-0.39, 0.29) is 11.1 Å². The first kappa shape index (κ1) is 14.3. The molecule has 0 radical (unpaired) electrons. The van der Waals surface area contributed by atoms with Gasteiger partial charge in [-0.05, 0) is 0 Å². The van der Waals surface area contributed by atoms with Crippen LogP contribution in [0, 0.1) is 0 Å². The number of ketones is 2. The number of alkyl halides is 3. The zero-order chi connectivity index (χ0) is 15.1. The summed E-state index contributed by atoms with van der Waals surface area (Å²) in [7, 11) is 0. The van der Waals surface area contributed by atoms with Crippen LogP contribution in [-0.4, -0.2) is 23.6 Å². The van der Waals surface area contributed by atoms with E-state index in [1.54, 1.807) is 0 Å². The molecule has 0 aromatic heterocycles. The largest absolute Gasteiger partial charge is 0.471 e. The van der Waals surface area contributed by atoms with Gasteiger partial charge in [0, 0.05) is 11.1 Å². The summed E-state index contributed by atoms with van der Waals surface area (Å²) >= 11 is 5.58. The summed E-state index contributed by atoms with van der Waals surface area (Å²) < 4.78 is 36.5. The number of halogens is 4. The SMILES string of the molecule is O=C1C(Cl)=C(NC(=O)C(F)(F)F)C(=O)c2ccccc21. The monoisotopic (exact) mass is 303 g/mol. The molecular weight excluding hydrogens is 299 g/mol. The molecular formula is C12H5ClF3NO3. The number of carbonyl (C=O) groups is 3. The van der Waals surface area contributed by atoms with Crippen molar-refractivity contribution in [1.29, 1.82) is 0 Å². The fourth-order valence-electron chi connectivity index (χ4n) is 1.64. The summed E-state index contributed by atoms with van der Waals surface area (Å²) in [4.78, 5) is 34.6. The summed E-state index contributed by atoms with van der Waals surface area (Å²) in [5.74, 6) is -4.13. The van der Waals surface area contributed by atoms with E-state index in [1.807, 2.05) is 0 Å². The second kappa shape index (κ2) is 4.75. The van der Waals surface area contributed by atoms with Gasteiger partial charge in [-0.15, -0.1) is 0 Å². The fraction of sp³-hybridized carbons (Fsp3) is 0.0833. The fourth-order valence-corrected chi connectivity index (χ4v) is 1.88. The average molecular weight is 304 g/mol. The number of Topliss-reactive ketones (excluding diaryl/α,β-unsaturated/α-hetero) is 2. The lowest BCUT2D eigenvalue weighted by Gasteiger charge is -2.18. The zero-order valence-electron chi connectivity index (χ0n) is 9.55. The maximum absolute atomic E-state index is 12.2. The molecule has 4 nitrogen and oxygen atoms in total. The summed E-state index contributed by atoms with van der Waals surface area (Å²) in [5, 5.41) is 0.599. The Labute approximate surface area is 115 Å². The number of hydrogen-bond donors (Lipinski definition) is 1. The highest BCUT2D eigenvalue weighted by atomic mass is 35.5. The number of fused-ring (bicyclic) bond motifs is 1. The molecule has 0 aliphatic heterocycles. The lowest BCUT2D eigenvalue weighted by molar-refractivity contribution is -0.172. The quantitative estimate of drug-likeness (QED) is 0.865. The predicted molar refractivity (Wildman–Crippen MR) is 62.2 cm³/mol. The maximum atomic E-state index is 12.2. The van der Waals surface area contributed by atoms with Gasteiger partial charge >= 0.3 is 12.1 Å². The van der Waals surface area contributed by atoms with Gasteiger partial charge in [-0.25, -0.2) is 0 Å². The Kier molecular flexibility index (Phi) is 3.39. The summed E-state index contributed by atoms with van der Waals surface area (Å²) in [6.07, 6.45) is -5.19. The molecule has 20 heavy (non-hydrogen) atoms. The van der Waals surface area contributed by atoms with Crippen LogP contribution in [0.3, 0.4) is 0 Å². The standard InChI is InChI=1S/C12H5ClF3NO3/c13-7-8(17-11(20)12(14,15)16)10(19)6-4-2-1-3-5(6)9(7)18/h1-4H,(H,17,20). The van der Waals surface area contributed by atoms with Gasteiger partial charge in [-0.1, -0.05) is 35.9 Å². The molecule has 1 amide bonds. The molecule has 1 aliphatic rings. The Bertz CT molecular complexity index is 664. The van der Waals surface area contributed by atoms with Crippen LogP contribution in [0.1, 0.15) is 20.7 Å². The van der Waals surface area contributed by atoms with Crippen LogP contribution in [0.5, 0.6) is 0 Å². The number of rotatable bonds is 1. The smallest absolute Gasteiger partial charge is 0.314 e. The Hall–Kier alpha value is -2.15. The van der Waals surface area contributed by atoms with Gasteiger partial charge in [-0.2, -0.15) is 13.2 Å². The second-order valence-electron chi connectivity index (χ2n) is 3.84. The van der Waals surface area contributed by atoms with E-state index in [2.05, 4.69) is 0 Å². The van der Waals surface area contributed by atoms with Gasteiger partial charge in [-0.3, -0.25) is 14.4 Å². The Balaban J connectivity index is 2.45. The topological polar surface area (TPSA) is 63.2 Å². The van der Waals surface area contributed by atoms with Crippen LogP contribution in [0.15, 0.2) is 35.0 Å². The van der Waals surface area contributed by atoms with Crippen molar-refractivity contribution in [3.05, 3.63) is 46.1 Å². The summed E-state index contributed by atoms with van der Waals surface area (Å²) in [6.45, 7) is 0. The highest BCUT2D eigenvalue weighted by molar-refractivity contribution is 6.50. The van der Waals surface area contributed by atoms with Gasteiger partial charge in [0.1, 0.15) is 10.7 Å².